The molecule has 0 aromatic heterocycles. The molecule has 1 aliphatic carbocycles. The largest absolute Gasteiger partial charge is 0.454 e. The van der Waals surface area contributed by atoms with Crippen LogP contribution in [0.25, 0.3) is 0 Å². The zero-order chi connectivity index (χ0) is 22.5. The van der Waals surface area contributed by atoms with Gasteiger partial charge < -0.3 is 10.1 Å². The summed E-state index contributed by atoms with van der Waals surface area (Å²) in [6, 6.07) is 17.3. The standard InChI is InChI=1S/C25H26N2O5/c28-22(26-21-13-7-4-10-18(21)14-17-8-2-1-3-9-17)16-32-23(29)15-27-24(30)19-11-5-6-12-20(19)25(27)31/h1-4,7-10,13,19-20H,5-6,11-12,14-16H2,(H,26,28). The van der Waals surface area contributed by atoms with E-state index in [4.69, 9.17) is 4.74 Å². The Hall–Kier alpha value is -3.48. The smallest absolute Gasteiger partial charge is 0.326 e. The van der Waals surface area contributed by atoms with Gasteiger partial charge >= 0.3 is 5.97 Å². The van der Waals surface area contributed by atoms with Crippen molar-refractivity contribution >= 4 is 29.4 Å². The fraction of sp³-hybridized carbons (Fsp3) is 0.360. The van der Waals surface area contributed by atoms with Crippen LogP contribution in [-0.2, 0) is 30.3 Å². The van der Waals surface area contributed by atoms with E-state index in [-0.39, 0.29) is 23.7 Å². The number of ether oxygens (including phenoxy) is 1. The number of carbonyl (C=O) groups is 4. The number of benzene rings is 2. The van der Waals surface area contributed by atoms with Gasteiger partial charge in [-0.1, -0.05) is 61.4 Å². The second-order valence-electron chi connectivity index (χ2n) is 8.29. The highest BCUT2D eigenvalue weighted by Crippen LogP contribution is 2.37. The van der Waals surface area contributed by atoms with Crippen LogP contribution >= 0.6 is 0 Å². The van der Waals surface area contributed by atoms with Crippen molar-refractivity contribution in [1.82, 2.24) is 4.90 Å². The fourth-order valence-corrected chi connectivity index (χ4v) is 4.51. The number of hydrogen-bond donors (Lipinski definition) is 1. The number of fused-ring (bicyclic) bond motifs is 1. The predicted molar refractivity (Wildman–Crippen MR) is 117 cm³/mol. The van der Waals surface area contributed by atoms with E-state index >= 15 is 0 Å². The molecule has 4 rings (SSSR count). The van der Waals surface area contributed by atoms with Crippen LogP contribution < -0.4 is 5.32 Å². The quantitative estimate of drug-likeness (QED) is 0.534. The molecule has 1 aliphatic heterocycles. The van der Waals surface area contributed by atoms with Crippen molar-refractivity contribution in [3.8, 4) is 0 Å². The minimum Gasteiger partial charge on any atom is -0.454 e. The summed E-state index contributed by atoms with van der Waals surface area (Å²) in [5.41, 5.74) is 2.70. The third kappa shape index (κ3) is 4.88. The Morgan fingerprint density at radius 1 is 0.906 bits per heavy atom. The molecule has 0 radical (unpaired) electrons. The number of nitrogens with one attached hydrogen (secondary N) is 1. The van der Waals surface area contributed by atoms with Crippen molar-refractivity contribution in [2.75, 3.05) is 18.5 Å². The summed E-state index contributed by atoms with van der Waals surface area (Å²) >= 11 is 0. The molecule has 1 saturated heterocycles. The molecular weight excluding hydrogens is 408 g/mol. The first kappa shape index (κ1) is 21.7. The molecule has 0 bridgehead atoms. The number of imide groups is 1. The highest BCUT2D eigenvalue weighted by Gasteiger charge is 2.48. The summed E-state index contributed by atoms with van der Waals surface area (Å²) in [5, 5.41) is 2.77. The lowest BCUT2D eigenvalue weighted by atomic mass is 9.81. The van der Waals surface area contributed by atoms with E-state index in [0.29, 0.717) is 24.9 Å². The molecule has 0 spiro atoms. The van der Waals surface area contributed by atoms with Gasteiger partial charge in [-0.2, -0.15) is 0 Å². The Bertz CT molecular complexity index is 996. The molecular formula is C25H26N2O5. The minimum absolute atomic E-state index is 0.295. The van der Waals surface area contributed by atoms with Crippen LogP contribution in [0.4, 0.5) is 5.69 Å². The molecule has 1 N–H and O–H groups in total. The van der Waals surface area contributed by atoms with E-state index in [1.54, 1.807) is 6.07 Å². The molecule has 1 heterocycles. The van der Waals surface area contributed by atoms with Gasteiger partial charge in [0.05, 0.1) is 11.8 Å². The molecule has 32 heavy (non-hydrogen) atoms. The number of carbonyl (C=O) groups excluding carboxylic acids is 4. The molecule has 166 valence electrons. The maximum absolute atomic E-state index is 12.5. The van der Waals surface area contributed by atoms with Gasteiger partial charge in [0.25, 0.3) is 5.91 Å². The molecule has 1 saturated carbocycles. The lowest BCUT2D eigenvalue weighted by molar-refractivity contribution is -0.154. The van der Waals surface area contributed by atoms with E-state index in [1.807, 2.05) is 48.5 Å². The maximum Gasteiger partial charge on any atom is 0.326 e. The van der Waals surface area contributed by atoms with Crippen LogP contribution in [-0.4, -0.2) is 41.7 Å². The highest BCUT2D eigenvalue weighted by molar-refractivity contribution is 6.07. The van der Waals surface area contributed by atoms with Gasteiger partial charge in [0.1, 0.15) is 6.54 Å². The van der Waals surface area contributed by atoms with Crippen LogP contribution in [0.1, 0.15) is 36.8 Å². The van der Waals surface area contributed by atoms with E-state index < -0.39 is 25.0 Å². The molecule has 2 aliphatic rings. The Morgan fingerprint density at radius 3 is 2.22 bits per heavy atom. The van der Waals surface area contributed by atoms with Crippen molar-refractivity contribution in [1.29, 1.82) is 0 Å². The molecule has 3 amide bonds. The van der Waals surface area contributed by atoms with Gasteiger partial charge in [0.2, 0.25) is 11.8 Å². The third-order valence-corrected chi connectivity index (χ3v) is 6.11. The number of esters is 1. The van der Waals surface area contributed by atoms with E-state index in [0.717, 1.165) is 28.9 Å². The topological polar surface area (TPSA) is 92.8 Å². The van der Waals surface area contributed by atoms with E-state index in [9.17, 15) is 19.2 Å². The first-order chi connectivity index (χ1) is 15.5. The van der Waals surface area contributed by atoms with Gasteiger partial charge in [0.15, 0.2) is 6.61 Å². The van der Waals surface area contributed by atoms with Crippen LogP contribution in [0.15, 0.2) is 54.6 Å². The SMILES string of the molecule is O=C(COC(=O)CN1C(=O)C2CCCCC2C1=O)Nc1ccccc1Cc1ccccc1. The van der Waals surface area contributed by atoms with Crippen molar-refractivity contribution < 1.29 is 23.9 Å². The number of nitrogens with zero attached hydrogens (tertiary/aromatic N) is 1. The molecule has 2 aromatic rings. The summed E-state index contributed by atoms with van der Waals surface area (Å²) < 4.78 is 5.05. The Morgan fingerprint density at radius 2 is 1.53 bits per heavy atom. The summed E-state index contributed by atoms with van der Waals surface area (Å²) in [6.07, 6.45) is 3.87. The fourth-order valence-electron chi connectivity index (χ4n) is 4.51. The average Bonchev–Trinajstić information content (AvgIpc) is 3.05. The lowest BCUT2D eigenvalue weighted by Gasteiger charge is -2.19. The number of likely N-dealkylation sites (tertiary alicyclic amines) is 1. The first-order valence-electron chi connectivity index (χ1n) is 11.0. The van der Waals surface area contributed by atoms with Gasteiger partial charge in [-0.25, -0.2) is 0 Å². The van der Waals surface area contributed by atoms with Crippen molar-refractivity contribution in [3.63, 3.8) is 0 Å². The Balaban J connectivity index is 1.30. The van der Waals surface area contributed by atoms with E-state index in [1.165, 1.54) is 0 Å². The van der Waals surface area contributed by atoms with Crippen molar-refractivity contribution in [3.05, 3.63) is 65.7 Å². The van der Waals surface area contributed by atoms with Gasteiger partial charge in [0, 0.05) is 5.69 Å². The first-order valence-corrected chi connectivity index (χ1v) is 11.0. The average molecular weight is 434 g/mol. The Labute approximate surface area is 186 Å². The van der Waals surface area contributed by atoms with Crippen molar-refractivity contribution in [2.24, 2.45) is 11.8 Å². The summed E-state index contributed by atoms with van der Waals surface area (Å²) in [7, 11) is 0. The molecule has 7 heteroatoms. The van der Waals surface area contributed by atoms with Crippen LogP contribution in [0, 0.1) is 11.8 Å². The molecule has 2 atom stereocenters. The summed E-state index contributed by atoms with van der Waals surface area (Å²) in [4.78, 5) is 50.5. The molecule has 2 fully saturated rings. The zero-order valence-corrected chi connectivity index (χ0v) is 17.8. The predicted octanol–water partition coefficient (Wildman–Crippen LogP) is 2.93. The van der Waals surface area contributed by atoms with Gasteiger partial charge in [-0.05, 0) is 36.5 Å². The highest BCUT2D eigenvalue weighted by atomic mass is 16.5. The monoisotopic (exact) mass is 434 g/mol. The van der Waals surface area contributed by atoms with Crippen LogP contribution in [0.5, 0.6) is 0 Å². The molecule has 7 nitrogen and oxygen atoms in total. The number of para-hydroxylation sites is 1. The normalized spacial score (nSPS) is 20.1. The number of hydrogen-bond acceptors (Lipinski definition) is 5. The molecule has 2 aromatic carbocycles. The Kier molecular flexibility index (Phi) is 6.63. The van der Waals surface area contributed by atoms with Crippen LogP contribution in [0.3, 0.4) is 0 Å². The summed E-state index contributed by atoms with van der Waals surface area (Å²) in [6.45, 7) is -0.926. The zero-order valence-electron chi connectivity index (χ0n) is 17.8. The summed E-state index contributed by atoms with van der Waals surface area (Å²) in [5.74, 6) is -2.46. The second-order valence-corrected chi connectivity index (χ2v) is 8.29. The number of anilines is 1. The minimum atomic E-state index is -0.766. The van der Waals surface area contributed by atoms with Crippen LogP contribution in [0.2, 0.25) is 0 Å². The number of rotatable bonds is 7. The maximum atomic E-state index is 12.5. The van der Waals surface area contributed by atoms with Crippen molar-refractivity contribution in [2.45, 2.75) is 32.1 Å². The lowest BCUT2D eigenvalue weighted by Crippen LogP contribution is -2.37. The third-order valence-electron chi connectivity index (χ3n) is 6.11. The number of amides is 3. The second kappa shape index (κ2) is 9.77. The van der Waals surface area contributed by atoms with Gasteiger partial charge in [-0.3, -0.25) is 24.1 Å². The molecule has 2 unspecified atom stereocenters. The van der Waals surface area contributed by atoms with E-state index in [2.05, 4.69) is 5.32 Å². The van der Waals surface area contributed by atoms with Gasteiger partial charge in [-0.15, -0.1) is 0 Å².